The number of anilines is 1. The topological polar surface area (TPSA) is 64.1 Å². The van der Waals surface area contributed by atoms with E-state index in [-0.39, 0.29) is 17.9 Å². The molecule has 2 aromatic rings. The van der Waals surface area contributed by atoms with E-state index in [0.29, 0.717) is 29.7 Å². The maximum absolute atomic E-state index is 14.1. The first-order chi connectivity index (χ1) is 13.5. The van der Waals surface area contributed by atoms with Gasteiger partial charge in [-0.25, -0.2) is 9.38 Å². The van der Waals surface area contributed by atoms with Crippen LogP contribution < -0.4 is 24.8 Å². The van der Waals surface area contributed by atoms with Crippen molar-refractivity contribution in [2.24, 2.45) is 4.99 Å². The molecule has 0 aliphatic heterocycles. The number of hydrogen-bond donors (Lipinski definition) is 2. The molecule has 0 fully saturated rings. The minimum absolute atomic E-state index is 0.0627. The molecule has 0 unspecified atom stereocenters. The van der Waals surface area contributed by atoms with E-state index in [2.05, 4.69) is 20.4 Å². The van der Waals surface area contributed by atoms with Crippen LogP contribution in [0.2, 0.25) is 0 Å². The number of guanidine groups is 1. The van der Waals surface area contributed by atoms with E-state index in [1.165, 1.54) is 26.4 Å². The Hall–Kier alpha value is -3.10. The summed E-state index contributed by atoms with van der Waals surface area (Å²) < 4.78 is 54.0. The van der Waals surface area contributed by atoms with Crippen molar-refractivity contribution in [3.63, 3.8) is 0 Å². The Kier molecular flexibility index (Phi) is 7.79. The molecule has 0 spiro atoms. The molecule has 0 aliphatic rings. The van der Waals surface area contributed by atoms with Crippen LogP contribution in [0.3, 0.4) is 0 Å². The van der Waals surface area contributed by atoms with Crippen molar-refractivity contribution in [2.75, 3.05) is 26.1 Å². The van der Waals surface area contributed by atoms with Gasteiger partial charge < -0.3 is 24.8 Å². The molecule has 0 bridgehead atoms. The van der Waals surface area contributed by atoms with E-state index < -0.39 is 12.4 Å². The third kappa shape index (κ3) is 5.70. The summed E-state index contributed by atoms with van der Waals surface area (Å²) in [5, 5.41) is 6.05. The van der Waals surface area contributed by atoms with Gasteiger partial charge in [-0.15, -0.1) is 0 Å². The number of rotatable bonds is 8. The molecular weight excluding hydrogens is 375 g/mol. The average molecular weight is 397 g/mol. The van der Waals surface area contributed by atoms with Crippen molar-refractivity contribution >= 4 is 11.6 Å². The number of nitrogens with one attached hydrogen (secondary N) is 2. The zero-order valence-corrected chi connectivity index (χ0v) is 15.8. The number of ether oxygens (including phenoxy) is 3. The van der Waals surface area contributed by atoms with Gasteiger partial charge in [-0.3, -0.25) is 0 Å². The van der Waals surface area contributed by atoms with Gasteiger partial charge in [0.1, 0.15) is 11.6 Å². The molecule has 152 valence electrons. The molecular formula is C19H22F3N3O3. The Labute approximate surface area is 161 Å². The number of benzene rings is 2. The van der Waals surface area contributed by atoms with Crippen LogP contribution in [0.4, 0.5) is 18.9 Å². The molecule has 0 atom stereocenters. The second kappa shape index (κ2) is 10.3. The minimum atomic E-state index is -3.05. The lowest BCUT2D eigenvalue weighted by molar-refractivity contribution is -0.0506. The summed E-state index contributed by atoms with van der Waals surface area (Å²) in [5.41, 5.74) is 0.585. The van der Waals surface area contributed by atoms with Gasteiger partial charge in [0.05, 0.1) is 26.3 Å². The van der Waals surface area contributed by atoms with E-state index >= 15 is 0 Å². The number of halogens is 3. The molecule has 9 heteroatoms. The van der Waals surface area contributed by atoms with Gasteiger partial charge in [-0.05, 0) is 31.2 Å². The summed E-state index contributed by atoms with van der Waals surface area (Å²) in [5.74, 6) is 0.491. The Morgan fingerprint density at radius 2 is 1.82 bits per heavy atom. The molecule has 0 aromatic heterocycles. The van der Waals surface area contributed by atoms with Crippen LogP contribution in [0.25, 0.3) is 0 Å². The first-order valence-electron chi connectivity index (χ1n) is 8.48. The smallest absolute Gasteiger partial charge is 0.387 e. The fourth-order valence-electron chi connectivity index (χ4n) is 2.41. The van der Waals surface area contributed by atoms with Gasteiger partial charge in [0, 0.05) is 18.3 Å². The number of hydrogen-bond acceptors (Lipinski definition) is 4. The standard InChI is InChI=1S/C19H22F3N3O3/c1-4-23-19(25-12-8-9-16(26-2)17(10-12)27-3)24-11-13-14(20)6-5-7-15(13)28-18(21)22/h5-10,18H,4,11H2,1-3H3,(H2,23,24,25). The highest BCUT2D eigenvalue weighted by molar-refractivity contribution is 5.93. The maximum atomic E-state index is 14.1. The summed E-state index contributed by atoms with van der Waals surface area (Å²) in [6.07, 6.45) is 0. The van der Waals surface area contributed by atoms with E-state index in [0.717, 1.165) is 6.07 Å². The Morgan fingerprint density at radius 3 is 2.46 bits per heavy atom. The SMILES string of the molecule is CCNC(=NCc1c(F)cccc1OC(F)F)Nc1ccc(OC)c(OC)c1. The van der Waals surface area contributed by atoms with Crippen molar-refractivity contribution in [1.82, 2.24) is 5.32 Å². The molecule has 0 heterocycles. The van der Waals surface area contributed by atoms with Crippen molar-refractivity contribution in [1.29, 1.82) is 0 Å². The lowest BCUT2D eigenvalue weighted by Gasteiger charge is -2.14. The molecule has 0 aliphatic carbocycles. The molecule has 0 saturated heterocycles. The summed E-state index contributed by atoms with van der Waals surface area (Å²) >= 11 is 0. The Bertz CT molecular complexity index is 816. The van der Waals surface area contributed by atoms with E-state index in [1.54, 1.807) is 18.2 Å². The lowest BCUT2D eigenvalue weighted by Crippen LogP contribution is -2.30. The molecule has 0 saturated carbocycles. The fraction of sp³-hybridized carbons (Fsp3) is 0.316. The highest BCUT2D eigenvalue weighted by Gasteiger charge is 2.14. The van der Waals surface area contributed by atoms with Crippen molar-refractivity contribution in [3.8, 4) is 17.2 Å². The molecule has 2 aromatic carbocycles. The predicted octanol–water partition coefficient (Wildman–Crippen LogP) is 4.02. The lowest BCUT2D eigenvalue weighted by atomic mass is 10.2. The number of nitrogens with zero attached hydrogens (tertiary/aromatic N) is 1. The molecule has 2 rings (SSSR count). The van der Waals surface area contributed by atoms with Crippen molar-refractivity contribution < 1.29 is 27.4 Å². The second-order valence-corrected chi connectivity index (χ2v) is 5.48. The van der Waals surface area contributed by atoms with Crippen molar-refractivity contribution in [3.05, 3.63) is 47.8 Å². The van der Waals surface area contributed by atoms with Gasteiger partial charge in [0.2, 0.25) is 0 Å². The van der Waals surface area contributed by atoms with E-state index in [9.17, 15) is 13.2 Å². The van der Waals surface area contributed by atoms with Crippen LogP contribution in [0.5, 0.6) is 17.2 Å². The van der Waals surface area contributed by atoms with Gasteiger partial charge in [0.15, 0.2) is 17.5 Å². The van der Waals surface area contributed by atoms with Gasteiger partial charge >= 0.3 is 6.61 Å². The van der Waals surface area contributed by atoms with Crippen molar-refractivity contribution in [2.45, 2.75) is 20.1 Å². The second-order valence-electron chi connectivity index (χ2n) is 5.48. The highest BCUT2D eigenvalue weighted by atomic mass is 19.3. The number of aliphatic imine (C=N–C) groups is 1. The normalized spacial score (nSPS) is 11.3. The molecule has 0 amide bonds. The number of alkyl halides is 2. The summed E-state index contributed by atoms with van der Waals surface area (Å²) in [7, 11) is 3.05. The zero-order valence-electron chi connectivity index (χ0n) is 15.8. The molecule has 2 N–H and O–H groups in total. The Morgan fingerprint density at radius 1 is 1.07 bits per heavy atom. The largest absolute Gasteiger partial charge is 0.493 e. The molecule has 0 radical (unpaired) electrons. The maximum Gasteiger partial charge on any atom is 0.387 e. The first kappa shape index (κ1) is 21.2. The van der Waals surface area contributed by atoms with E-state index in [1.807, 2.05) is 6.92 Å². The minimum Gasteiger partial charge on any atom is -0.493 e. The van der Waals surface area contributed by atoms with Gasteiger partial charge in [-0.1, -0.05) is 6.07 Å². The van der Waals surface area contributed by atoms with E-state index in [4.69, 9.17) is 9.47 Å². The van der Waals surface area contributed by atoms with Crippen LogP contribution in [0.15, 0.2) is 41.4 Å². The quantitative estimate of drug-likeness (QED) is 0.520. The van der Waals surface area contributed by atoms with Crippen LogP contribution in [0, 0.1) is 5.82 Å². The van der Waals surface area contributed by atoms with Gasteiger partial charge in [0.25, 0.3) is 0 Å². The molecule has 28 heavy (non-hydrogen) atoms. The molecule has 6 nitrogen and oxygen atoms in total. The highest BCUT2D eigenvalue weighted by Crippen LogP contribution is 2.30. The summed E-state index contributed by atoms with van der Waals surface area (Å²) in [6, 6.07) is 8.92. The van der Waals surface area contributed by atoms with Crippen LogP contribution in [0.1, 0.15) is 12.5 Å². The Balaban J connectivity index is 2.24. The third-order valence-corrected chi connectivity index (χ3v) is 3.68. The van der Waals surface area contributed by atoms with Gasteiger partial charge in [-0.2, -0.15) is 8.78 Å². The number of methoxy groups -OCH3 is 2. The van der Waals surface area contributed by atoms with Crippen LogP contribution >= 0.6 is 0 Å². The summed E-state index contributed by atoms with van der Waals surface area (Å²) in [4.78, 5) is 4.26. The monoisotopic (exact) mass is 397 g/mol. The zero-order chi connectivity index (χ0) is 20.5. The van der Waals surface area contributed by atoms with Crippen LogP contribution in [-0.2, 0) is 6.54 Å². The predicted molar refractivity (Wildman–Crippen MR) is 101 cm³/mol. The fourth-order valence-corrected chi connectivity index (χ4v) is 2.41. The summed E-state index contributed by atoms with van der Waals surface area (Å²) in [6.45, 7) is -0.850. The average Bonchev–Trinajstić information content (AvgIpc) is 2.67. The first-order valence-corrected chi connectivity index (χ1v) is 8.48. The third-order valence-electron chi connectivity index (χ3n) is 3.68. The van der Waals surface area contributed by atoms with Crippen LogP contribution in [-0.4, -0.2) is 33.3 Å².